The molecule has 0 N–H and O–H groups in total. The van der Waals surface area contributed by atoms with Gasteiger partial charge in [-0.15, -0.1) is 0 Å². The van der Waals surface area contributed by atoms with Crippen molar-refractivity contribution in [3.8, 4) is 11.5 Å². The largest absolute Gasteiger partial charge is 0.337 e. The molecular weight excluding hydrogens is 288 g/mol. The standard InChI is InChI=1S/C16H13F2N3O/c1-21(10-11-7-8-13(17)14(18)9-11)16-19-15(22-20-16)12-5-3-2-4-6-12/h2-9H,10H2,1H3. The van der Waals surface area contributed by atoms with Crippen molar-refractivity contribution in [2.45, 2.75) is 6.54 Å². The minimum Gasteiger partial charge on any atom is -0.337 e. The van der Waals surface area contributed by atoms with Gasteiger partial charge in [0.2, 0.25) is 0 Å². The summed E-state index contributed by atoms with van der Waals surface area (Å²) in [5.41, 5.74) is 1.44. The predicted molar refractivity (Wildman–Crippen MR) is 78.2 cm³/mol. The van der Waals surface area contributed by atoms with Crippen LogP contribution in [0.15, 0.2) is 53.1 Å². The first kappa shape index (κ1) is 14.2. The van der Waals surface area contributed by atoms with E-state index in [4.69, 9.17) is 4.52 Å². The van der Waals surface area contributed by atoms with E-state index in [9.17, 15) is 8.78 Å². The number of halogens is 2. The van der Waals surface area contributed by atoms with E-state index in [1.165, 1.54) is 6.07 Å². The molecule has 0 saturated heterocycles. The van der Waals surface area contributed by atoms with Crippen LogP contribution in [0.5, 0.6) is 0 Å². The van der Waals surface area contributed by atoms with E-state index in [2.05, 4.69) is 10.1 Å². The van der Waals surface area contributed by atoms with Gasteiger partial charge in [0, 0.05) is 19.2 Å². The molecular formula is C16H13F2N3O. The van der Waals surface area contributed by atoms with Crippen LogP contribution in [-0.2, 0) is 6.54 Å². The fourth-order valence-electron chi connectivity index (χ4n) is 2.05. The number of hydrogen-bond acceptors (Lipinski definition) is 4. The molecule has 6 heteroatoms. The van der Waals surface area contributed by atoms with Gasteiger partial charge in [0.05, 0.1) is 0 Å². The summed E-state index contributed by atoms with van der Waals surface area (Å²) in [4.78, 5) is 5.99. The monoisotopic (exact) mass is 301 g/mol. The van der Waals surface area contributed by atoms with Crippen molar-refractivity contribution in [3.63, 3.8) is 0 Å². The average Bonchev–Trinajstić information content (AvgIpc) is 3.02. The average molecular weight is 301 g/mol. The van der Waals surface area contributed by atoms with Crippen LogP contribution >= 0.6 is 0 Å². The molecule has 1 heterocycles. The van der Waals surface area contributed by atoms with Crippen molar-refractivity contribution >= 4 is 5.95 Å². The van der Waals surface area contributed by atoms with Gasteiger partial charge in [-0.3, -0.25) is 0 Å². The fourth-order valence-corrected chi connectivity index (χ4v) is 2.05. The molecule has 1 aromatic heterocycles. The summed E-state index contributed by atoms with van der Waals surface area (Å²) in [6.07, 6.45) is 0. The fraction of sp³-hybridized carbons (Fsp3) is 0.125. The minimum absolute atomic E-state index is 0.338. The highest BCUT2D eigenvalue weighted by Crippen LogP contribution is 2.20. The minimum atomic E-state index is -0.871. The van der Waals surface area contributed by atoms with E-state index in [1.54, 1.807) is 11.9 Å². The van der Waals surface area contributed by atoms with Crippen LogP contribution in [0.3, 0.4) is 0 Å². The third-order valence-electron chi connectivity index (χ3n) is 3.18. The van der Waals surface area contributed by atoms with Gasteiger partial charge in [-0.05, 0) is 35.0 Å². The molecule has 2 aromatic carbocycles. The van der Waals surface area contributed by atoms with Crippen molar-refractivity contribution in [1.82, 2.24) is 10.1 Å². The Morgan fingerprint density at radius 3 is 2.55 bits per heavy atom. The van der Waals surface area contributed by atoms with Crippen LogP contribution in [0.2, 0.25) is 0 Å². The topological polar surface area (TPSA) is 42.2 Å². The highest BCUT2D eigenvalue weighted by Gasteiger charge is 2.13. The third kappa shape index (κ3) is 2.95. The first-order valence-electron chi connectivity index (χ1n) is 6.67. The molecule has 0 radical (unpaired) electrons. The summed E-state index contributed by atoms with van der Waals surface area (Å²) in [5, 5.41) is 3.90. The SMILES string of the molecule is CN(Cc1ccc(F)c(F)c1)c1noc(-c2ccccc2)n1. The summed E-state index contributed by atoms with van der Waals surface area (Å²) >= 11 is 0. The first-order valence-corrected chi connectivity index (χ1v) is 6.67. The predicted octanol–water partition coefficient (Wildman–Crippen LogP) is 3.65. The second-order valence-electron chi connectivity index (χ2n) is 4.87. The lowest BCUT2D eigenvalue weighted by Gasteiger charge is -2.14. The highest BCUT2D eigenvalue weighted by molar-refractivity contribution is 5.53. The number of benzene rings is 2. The quantitative estimate of drug-likeness (QED) is 0.737. The maximum absolute atomic E-state index is 13.2. The molecule has 0 amide bonds. The van der Waals surface area contributed by atoms with Crippen LogP contribution < -0.4 is 4.90 Å². The second kappa shape index (κ2) is 5.93. The molecule has 3 aromatic rings. The lowest BCUT2D eigenvalue weighted by Crippen LogP contribution is -2.17. The van der Waals surface area contributed by atoms with Crippen LogP contribution in [-0.4, -0.2) is 17.2 Å². The molecule has 0 unspecified atom stereocenters. The normalized spacial score (nSPS) is 10.7. The van der Waals surface area contributed by atoms with Gasteiger partial charge in [0.25, 0.3) is 11.8 Å². The van der Waals surface area contributed by atoms with E-state index < -0.39 is 11.6 Å². The van der Waals surface area contributed by atoms with Crippen LogP contribution in [0.4, 0.5) is 14.7 Å². The molecule has 0 aliphatic carbocycles. The molecule has 0 fully saturated rings. The zero-order chi connectivity index (χ0) is 15.5. The Morgan fingerprint density at radius 2 is 1.82 bits per heavy atom. The Kier molecular flexibility index (Phi) is 3.82. The lowest BCUT2D eigenvalue weighted by molar-refractivity contribution is 0.430. The van der Waals surface area contributed by atoms with Crippen LogP contribution in [0.1, 0.15) is 5.56 Å². The van der Waals surface area contributed by atoms with Crippen LogP contribution in [0, 0.1) is 11.6 Å². The second-order valence-corrected chi connectivity index (χ2v) is 4.87. The maximum Gasteiger partial charge on any atom is 0.266 e. The maximum atomic E-state index is 13.2. The smallest absolute Gasteiger partial charge is 0.266 e. The van der Waals surface area contributed by atoms with Crippen molar-refractivity contribution in [2.75, 3.05) is 11.9 Å². The number of aromatic nitrogens is 2. The van der Waals surface area contributed by atoms with Gasteiger partial charge < -0.3 is 9.42 Å². The van der Waals surface area contributed by atoms with E-state index in [1.807, 2.05) is 30.3 Å². The van der Waals surface area contributed by atoms with Crippen LogP contribution in [0.25, 0.3) is 11.5 Å². The molecule has 0 aliphatic rings. The molecule has 22 heavy (non-hydrogen) atoms. The summed E-state index contributed by atoms with van der Waals surface area (Å²) in [6.45, 7) is 0.338. The van der Waals surface area contributed by atoms with Gasteiger partial charge in [0.1, 0.15) is 0 Å². The van der Waals surface area contributed by atoms with Gasteiger partial charge in [-0.25, -0.2) is 8.78 Å². The summed E-state index contributed by atoms with van der Waals surface area (Å²) in [5.74, 6) is -0.947. The van der Waals surface area contributed by atoms with Crippen molar-refractivity contribution in [3.05, 3.63) is 65.7 Å². The Bertz CT molecular complexity index is 774. The Hall–Kier alpha value is -2.76. The van der Waals surface area contributed by atoms with Gasteiger partial charge in [-0.2, -0.15) is 4.98 Å². The first-order chi connectivity index (χ1) is 10.6. The molecule has 0 saturated carbocycles. The number of hydrogen-bond donors (Lipinski definition) is 0. The van der Waals surface area contributed by atoms with Gasteiger partial charge in [-0.1, -0.05) is 24.3 Å². The van der Waals surface area contributed by atoms with Gasteiger partial charge in [0.15, 0.2) is 11.6 Å². The van der Waals surface area contributed by atoms with Crippen molar-refractivity contribution in [1.29, 1.82) is 0 Å². The summed E-state index contributed by atoms with van der Waals surface area (Å²) in [7, 11) is 1.75. The van der Waals surface area contributed by atoms with E-state index in [-0.39, 0.29) is 0 Å². The van der Waals surface area contributed by atoms with Gasteiger partial charge >= 0.3 is 0 Å². The molecule has 0 bridgehead atoms. The van der Waals surface area contributed by atoms with E-state index in [0.717, 1.165) is 17.7 Å². The Balaban J connectivity index is 1.77. The molecule has 4 nitrogen and oxygen atoms in total. The Morgan fingerprint density at radius 1 is 1.05 bits per heavy atom. The summed E-state index contributed by atoms with van der Waals surface area (Å²) in [6, 6.07) is 13.2. The number of rotatable bonds is 4. The zero-order valence-electron chi connectivity index (χ0n) is 11.8. The van der Waals surface area contributed by atoms with E-state index >= 15 is 0 Å². The lowest BCUT2D eigenvalue weighted by atomic mass is 10.2. The Labute approximate surface area is 126 Å². The molecule has 0 aliphatic heterocycles. The molecule has 0 spiro atoms. The number of nitrogens with zero attached hydrogens (tertiary/aromatic N) is 3. The zero-order valence-corrected chi connectivity index (χ0v) is 11.8. The molecule has 0 atom stereocenters. The van der Waals surface area contributed by atoms with E-state index in [0.29, 0.717) is 23.9 Å². The van der Waals surface area contributed by atoms with Crippen molar-refractivity contribution < 1.29 is 13.3 Å². The molecule has 112 valence electrons. The highest BCUT2D eigenvalue weighted by atomic mass is 19.2. The molecule has 3 rings (SSSR count). The third-order valence-corrected chi connectivity index (χ3v) is 3.18. The summed E-state index contributed by atoms with van der Waals surface area (Å²) < 4.78 is 31.4. The van der Waals surface area contributed by atoms with Crippen molar-refractivity contribution in [2.24, 2.45) is 0 Å². The number of anilines is 1.